The third-order valence-electron chi connectivity index (χ3n) is 5.84. The molecule has 1 aliphatic carbocycles. The summed E-state index contributed by atoms with van der Waals surface area (Å²) in [6.07, 6.45) is 1.98. The first kappa shape index (κ1) is 16.6. The summed E-state index contributed by atoms with van der Waals surface area (Å²) in [5, 5.41) is 3.51. The molecule has 1 amide bonds. The summed E-state index contributed by atoms with van der Waals surface area (Å²) in [6, 6.07) is 9.13. The number of halogens is 1. The highest BCUT2D eigenvalue weighted by molar-refractivity contribution is 5.85. The Morgan fingerprint density at radius 2 is 2.00 bits per heavy atom. The van der Waals surface area contributed by atoms with Crippen molar-refractivity contribution >= 4 is 24.0 Å². The number of anilines is 1. The van der Waals surface area contributed by atoms with Crippen LogP contribution in [0.4, 0.5) is 5.69 Å². The topological polar surface area (TPSA) is 35.6 Å². The second kappa shape index (κ2) is 6.33. The van der Waals surface area contributed by atoms with Crippen LogP contribution in [0.15, 0.2) is 24.3 Å². The van der Waals surface area contributed by atoms with Gasteiger partial charge >= 0.3 is 0 Å². The first-order valence-electron chi connectivity index (χ1n) is 8.57. The fourth-order valence-corrected chi connectivity index (χ4v) is 4.25. The number of nitrogens with one attached hydrogen (secondary N) is 1. The number of carbonyl (C=O) groups is 1. The van der Waals surface area contributed by atoms with Crippen LogP contribution < -0.4 is 10.2 Å². The summed E-state index contributed by atoms with van der Waals surface area (Å²) in [5.74, 6) is 1.14. The van der Waals surface area contributed by atoms with Gasteiger partial charge in [0.2, 0.25) is 5.91 Å². The van der Waals surface area contributed by atoms with Crippen LogP contribution in [0.25, 0.3) is 0 Å². The quantitative estimate of drug-likeness (QED) is 0.918. The third-order valence-corrected chi connectivity index (χ3v) is 5.84. The fraction of sp³-hybridized carbons (Fsp3) is 0.611. The minimum atomic E-state index is 0. The lowest BCUT2D eigenvalue weighted by Gasteiger charge is -2.24. The first-order chi connectivity index (χ1) is 10.7. The van der Waals surface area contributed by atoms with E-state index in [4.69, 9.17) is 0 Å². The van der Waals surface area contributed by atoms with Crippen LogP contribution in [-0.2, 0) is 10.2 Å². The van der Waals surface area contributed by atoms with Crippen molar-refractivity contribution in [3.05, 3.63) is 29.8 Å². The van der Waals surface area contributed by atoms with Crippen molar-refractivity contribution < 1.29 is 4.79 Å². The molecule has 0 aromatic heterocycles. The van der Waals surface area contributed by atoms with Crippen LogP contribution in [0.2, 0.25) is 0 Å². The van der Waals surface area contributed by atoms with Gasteiger partial charge in [-0.15, -0.1) is 12.4 Å². The average Bonchev–Trinajstić information content (AvgIpc) is 3.18. The molecule has 4 nitrogen and oxygen atoms in total. The Bertz CT molecular complexity index is 576. The van der Waals surface area contributed by atoms with Crippen molar-refractivity contribution in [3.8, 4) is 0 Å². The SMILES string of the molecule is CCN1CCN(c2ccc(C34CNCC3C4)cc2)CCC1=O.Cl. The normalized spacial score (nSPS) is 29.8. The van der Waals surface area contributed by atoms with Crippen LogP contribution >= 0.6 is 12.4 Å². The summed E-state index contributed by atoms with van der Waals surface area (Å²) >= 11 is 0. The number of hydrogen-bond acceptors (Lipinski definition) is 3. The molecule has 126 valence electrons. The number of amides is 1. The van der Waals surface area contributed by atoms with Gasteiger partial charge in [0.25, 0.3) is 0 Å². The minimum Gasteiger partial charge on any atom is -0.369 e. The standard InChI is InChI=1S/C18H25N3O.ClH/c1-2-20-9-10-21(8-7-17(20)22)16-5-3-14(4-6-16)18-11-15(18)12-19-13-18;/h3-6,15,19H,2,7-13H2,1H3;1H. The Morgan fingerprint density at radius 1 is 1.22 bits per heavy atom. The summed E-state index contributed by atoms with van der Waals surface area (Å²) < 4.78 is 0. The maximum absolute atomic E-state index is 12.0. The number of rotatable bonds is 3. The Labute approximate surface area is 144 Å². The fourth-order valence-electron chi connectivity index (χ4n) is 4.25. The maximum atomic E-state index is 12.0. The van der Waals surface area contributed by atoms with Crippen LogP contribution in [-0.4, -0.2) is 50.1 Å². The lowest BCUT2D eigenvalue weighted by molar-refractivity contribution is -0.130. The van der Waals surface area contributed by atoms with Crippen LogP contribution in [0.3, 0.4) is 0 Å². The minimum absolute atomic E-state index is 0. The Kier molecular flexibility index (Phi) is 4.56. The van der Waals surface area contributed by atoms with Gasteiger partial charge in [0.1, 0.15) is 0 Å². The Morgan fingerprint density at radius 3 is 2.61 bits per heavy atom. The number of carbonyl (C=O) groups excluding carboxylic acids is 1. The van der Waals surface area contributed by atoms with Crippen LogP contribution in [0.5, 0.6) is 0 Å². The van der Waals surface area contributed by atoms with Gasteiger partial charge in [-0.2, -0.15) is 0 Å². The van der Waals surface area contributed by atoms with Crippen LogP contribution in [0.1, 0.15) is 25.3 Å². The van der Waals surface area contributed by atoms with Gasteiger partial charge in [-0.1, -0.05) is 12.1 Å². The van der Waals surface area contributed by atoms with E-state index in [9.17, 15) is 4.79 Å². The van der Waals surface area contributed by atoms with Gasteiger partial charge in [-0.25, -0.2) is 0 Å². The monoisotopic (exact) mass is 335 g/mol. The molecule has 0 spiro atoms. The van der Waals surface area contributed by atoms with Crippen molar-refractivity contribution in [1.82, 2.24) is 10.2 Å². The predicted octanol–water partition coefficient (Wildman–Crippen LogP) is 2.03. The number of nitrogens with zero attached hydrogens (tertiary/aromatic N) is 2. The van der Waals surface area contributed by atoms with E-state index in [0.29, 0.717) is 17.7 Å². The Balaban J connectivity index is 0.00000156. The average molecular weight is 336 g/mol. The van der Waals surface area contributed by atoms with Gasteiger partial charge in [-0.3, -0.25) is 4.79 Å². The highest BCUT2D eigenvalue weighted by Crippen LogP contribution is 2.56. The number of hydrogen-bond donors (Lipinski definition) is 1. The third kappa shape index (κ3) is 2.83. The predicted molar refractivity (Wildman–Crippen MR) is 95.4 cm³/mol. The van der Waals surface area contributed by atoms with Crippen molar-refractivity contribution in [3.63, 3.8) is 0 Å². The van der Waals surface area contributed by atoms with E-state index >= 15 is 0 Å². The van der Waals surface area contributed by atoms with Gasteiger partial charge in [0.05, 0.1) is 0 Å². The molecule has 1 aromatic rings. The largest absolute Gasteiger partial charge is 0.369 e. The lowest BCUT2D eigenvalue weighted by Crippen LogP contribution is -2.33. The van der Waals surface area contributed by atoms with E-state index in [0.717, 1.165) is 38.6 Å². The molecule has 0 radical (unpaired) electrons. The van der Waals surface area contributed by atoms with Gasteiger partial charge in [0.15, 0.2) is 0 Å². The van der Waals surface area contributed by atoms with E-state index in [1.54, 1.807) is 0 Å². The van der Waals surface area contributed by atoms with Gasteiger partial charge < -0.3 is 15.1 Å². The second-order valence-electron chi connectivity index (χ2n) is 6.95. The first-order valence-corrected chi connectivity index (χ1v) is 8.57. The van der Waals surface area contributed by atoms with Crippen molar-refractivity contribution in [1.29, 1.82) is 0 Å². The molecule has 3 aliphatic rings. The number of likely N-dealkylation sites (N-methyl/N-ethyl adjacent to an activating group) is 1. The molecule has 2 aliphatic heterocycles. The van der Waals surface area contributed by atoms with Gasteiger partial charge in [-0.05, 0) is 43.5 Å². The van der Waals surface area contributed by atoms with Crippen molar-refractivity contribution in [2.24, 2.45) is 5.92 Å². The van der Waals surface area contributed by atoms with Crippen molar-refractivity contribution in [2.45, 2.75) is 25.2 Å². The molecule has 2 atom stereocenters. The molecule has 0 bridgehead atoms. The molecule has 1 aromatic carbocycles. The van der Waals surface area contributed by atoms with E-state index in [-0.39, 0.29) is 12.4 Å². The zero-order valence-corrected chi connectivity index (χ0v) is 14.6. The smallest absolute Gasteiger partial charge is 0.224 e. The molecular weight excluding hydrogens is 310 g/mol. The lowest BCUT2D eigenvalue weighted by atomic mass is 9.95. The highest BCUT2D eigenvalue weighted by atomic mass is 35.5. The molecule has 4 rings (SSSR count). The zero-order valence-electron chi connectivity index (χ0n) is 13.8. The number of piperidine rings is 1. The molecule has 5 heteroatoms. The Hall–Kier alpha value is -1.26. The molecule has 23 heavy (non-hydrogen) atoms. The number of fused-ring (bicyclic) bond motifs is 1. The summed E-state index contributed by atoms with van der Waals surface area (Å²) in [6.45, 7) is 7.82. The summed E-state index contributed by atoms with van der Waals surface area (Å²) in [4.78, 5) is 16.3. The van der Waals surface area contributed by atoms with E-state index in [1.807, 2.05) is 4.90 Å². The molecule has 2 unspecified atom stereocenters. The molecule has 3 fully saturated rings. The van der Waals surface area contributed by atoms with E-state index in [2.05, 4.69) is 41.4 Å². The second-order valence-corrected chi connectivity index (χ2v) is 6.95. The zero-order chi connectivity index (χ0) is 15.2. The molecule has 1 saturated carbocycles. The maximum Gasteiger partial charge on any atom is 0.224 e. The summed E-state index contributed by atoms with van der Waals surface area (Å²) in [7, 11) is 0. The molecular formula is C18H26ClN3O. The number of benzene rings is 1. The van der Waals surface area contributed by atoms with E-state index < -0.39 is 0 Å². The highest BCUT2D eigenvalue weighted by Gasteiger charge is 2.57. The summed E-state index contributed by atoms with van der Waals surface area (Å²) in [5.41, 5.74) is 3.19. The molecule has 1 N–H and O–H groups in total. The van der Waals surface area contributed by atoms with E-state index in [1.165, 1.54) is 24.2 Å². The molecule has 2 heterocycles. The van der Waals surface area contributed by atoms with Crippen LogP contribution in [0, 0.1) is 5.92 Å². The van der Waals surface area contributed by atoms with Gasteiger partial charge in [0, 0.05) is 50.2 Å². The van der Waals surface area contributed by atoms with Crippen molar-refractivity contribution in [2.75, 3.05) is 44.2 Å². The molecule has 2 saturated heterocycles.